The maximum absolute atomic E-state index is 12.6. The van der Waals surface area contributed by atoms with Crippen LogP contribution in [0.5, 0.6) is 0 Å². The van der Waals surface area contributed by atoms with Crippen LogP contribution in [0.4, 0.5) is 0 Å². The first-order valence-corrected chi connectivity index (χ1v) is 9.49. The summed E-state index contributed by atoms with van der Waals surface area (Å²) in [6.45, 7) is 9.54. The molecule has 1 N–H and O–H groups in total. The number of aromatic nitrogens is 3. The molecule has 0 aliphatic carbocycles. The molecule has 0 bridgehead atoms. The fourth-order valence-corrected chi connectivity index (χ4v) is 4.15. The van der Waals surface area contributed by atoms with Crippen LogP contribution in [0.15, 0.2) is 24.3 Å². The number of thiazole rings is 1. The molecule has 2 heterocycles. The second kappa shape index (κ2) is 7.35. The number of hydrogen-bond acceptors (Lipinski definition) is 4. The highest BCUT2D eigenvalue weighted by Gasteiger charge is 2.17. The van der Waals surface area contributed by atoms with Gasteiger partial charge in [-0.2, -0.15) is 0 Å². The van der Waals surface area contributed by atoms with E-state index in [1.54, 1.807) is 0 Å². The number of rotatable bonds is 6. The summed E-state index contributed by atoms with van der Waals surface area (Å²) >= 11 is 1.50. The van der Waals surface area contributed by atoms with Gasteiger partial charge in [-0.1, -0.05) is 26.0 Å². The Morgan fingerprint density at radius 2 is 2.04 bits per heavy atom. The van der Waals surface area contributed by atoms with Crippen molar-refractivity contribution in [3.8, 4) is 0 Å². The normalized spacial score (nSPS) is 11.4. The summed E-state index contributed by atoms with van der Waals surface area (Å²) in [4.78, 5) is 22.5. The van der Waals surface area contributed by atoms with Crippen molar-refractivity contribution >= 4 is 28.3 Å². The van der Waals surface area contributed by atoms with Crippen molar-refractivity contribution in [2.24, 2.45) is 5.92 Å². The number of para-hydroxylation sites is 2. The zero-order chi connectivity index (χ0) is 18.0. The van der Waals surface area contributed by atoms with Crippen molar-refractivity contribution in [2.45, 2.75) is 47.2 Å². The van der Waals surface area contributed by atoms with Crippen LogP contribution in [0, 0.1) is 12.8 Å². The topological polar surface area (TPSA) is 59.8 Å². The molecule has 0 atom stereocenters. The van der Waals surface area contributed by atoms with Crippen LogP contribution in [0.2, 0.25) is 0 Å². The smallest absolute Gasteiger partial charge is 0.263 e. The molecule has 0 spiro atoms. The third-order valence-electron chi connectivity index (χ3n) is 4.09. The Morgan fingerprint density at radius 1 is 1.28 bits per heavy atom. The van der Waals surface area contributed by atoms with Crippen molar-refractivity contribution in [1.29, 1.82) is 0 Å². The minimum Gasteiger partial charge on any atom is -0.344 e. The Morgan fingerprint density at radius 3 is 2.76 bits per heavy atom. The highest BCUT2D eigenvalue weighted by atomic mass is 32.1. The minimum absolute atomic E-state index is 0.0697. The van der Waals surface area contributed by atoms with Crippen LogP contribution in [0.3, 0.4) is 0 Å². The Labute approximate surface area is 152 Å². The molecule has 3 rings (SSSR count). The largest absolute Gasteiger partial charge is 0.344 e. The van der Waals surface area contributed by atoms with E-state index < -0.39 is 0 Å². The van der Waals surface area contributed by atoms with Gasteiger partial charge < -0.3 is 9.88 Å². The molecule has 0 saturated heterocycles. The summed E-state index contributed by atoms with van der Waals surface area (Å²) < 4.78 is 2.14. The fraction of sp³-hybridized carbons (Fsp3) is 0.421. The van der Waals surface area contributed by atoms with Gasteiger partial charge in [-0.3, -0.25) is 4.79 Å². The van der Waals surface area contributed by atoms with Gasteiger partial charge in [0.05, 0.1) is 28.3 Å². The molecule has 132 valence electrons. The van der Waals surface area contributed by atoms with E-state index in [0.717, 1.165) is 40.5 Å². The number of benzene rings is 1. The lowest BCUT2D eigenvalue weighted by molar-refractivity contribution is 0.0953. The monoisotopic (exact) mass is 356 g/mol. The number of carbonyl (C=O) groups is 1. The second-order valence-electron chi connectivity index (χ2n) is 6.56. The molecule has 1 aromatic carbocycles. The molecule has 0 radical (unpaired) electrons. The average molecular weight is 356 g/mol. The number of nitrogens with one attached hydrogen (secondary N) is 1. The number of imidazole rings is 1. The lowest BCUT2D eigenvalue weighted by Gasteiger charge is -2.07. The number of amides is 1. The molecule has 0 aliphatic heterocycles. The van der Waals surface area contributed by atoms with Crippen LogP contribution in [-0.2, 0) is 19.5 Å². The van der Waals surface area contributed by atoms with Gasteiger partial charge in [-0.25, -0.2) is 9.97 Å². The molecule has 2 aromatic heterocycles. The van der Waals surface area contributed by atoms with Gasteiger partial charge >= 0.3 is 0 Å². The molecule has 1 amide bonds. The molecular weight excluding hydrogens is 332 g/mol. The molecule has 0 aliphatic rings. The Hall–Kier alpha value is -2.21. The Balaban J connectivity index is 1.75. The maximum Gasteiger partial charge on any atom is 0.263 e. The van der Waals surface area contributed by atoms with Gasteiger partial charge in [0.25, 0.3) is 5.91 Å². The predicted molar refractivity (Wildman–Crippen MR) is 102 cm³/mol. The SMILES string of the molecule is CCn1c(CNC(=O)c2sc(CC(C)C)nc2C)nc2ccccc21. The standard InChI is InChI=1S/C19H24N4OS/c1-5-23-15-9-7-6-8-14(15)22-16(23)11-20-19(24)18-13(4)21-17(25-18)10-12(2)3/h6-9,12H,5,10-11H2,1-4H3,(H,20,24). The van der Waals surface area contributed by atoms with Crippen LogP contribution in [0.25, 0.3) is 11.0 Å². The van der Waals surface area contributed by atoms with Gasteiger partial charge in [-0.05, 0) is 31.9 Å². The molecule has 0 saturated carbocycles. The van der Waals surface area contributed by atoms with E-state index in [4.69, 9.17) is 0 Å². The summed E-state index contributed by atoms with van der Waals surface area (Å²) in [7, 11) is 0. The molecule has 3 aromatic rings. The van der Waals surface area contributed by atoms with Gasteiger partial charge in [0.1, 0.15) is 10.7 Å². The molecule has 25 heavy (non-hydrogen) atoms. The first kappa shape index (κ1) is 17.6. The zero-order valence-electron chi connectivity index (χ0n) is 15.2. The third kappa shape index (κ3) is 3.74. The summed E-state index contributed by atoms with van der Waals surface area (Å²) in [5.74, 6) is 1.34. The van der Waals surface area contributed by atoms with Gasteiger partial charge in [0.15, 0.2) is 0 Å². The molecule has 6 heteroatoms. The lowest BCUT2D eigenvalue weighted by atomic mass is 10.1. The van der Waals surface area contributed by atoms with E-state index in [1.807, 2.05) is 25.1 Å². The Kier molecular flexibility index (Phi) is 5.18. The predicted octanol–water partition coefficient (Wildman–Crippen LogP) is 3.95. The molecular formula is C19H24N4OS. The van der Waals surface area contributed by atoms with Crippen molar-refractivity contribution in [2.75, 3.05) is 0 Å². The van der Waals surface area contributed by atoms with Crippen LogP contribution in [0.1, 0.15) is 47.0 Å². The number of nitrogens with zero attached hydrogens (tertiary/aromatic N) is 3. The molecule has 0 fully saturated rings. The van der Waals surface area contributed by atoms with E-state index in [0.29, 0.717) is 17.3 Å². The summed E-state index contributed by atoms with van der Waals surface area (Å²) in [6, 6.07) is 8.05. The molecule has 0 unspecified atom stereocenters. The number of hydrogen-bond donors (Lipinski definition) is 1. The van der Waals surface area contributed by atoms with Crippen molar-refractivity contribution in [3.63, 3.8) is 0 Å². The first-order valence-electron chi connectivity index (χ1n) is 8.68. The van der Waals surface area contributed by atoms with E-state index in [1.165, 1.54) is 11.3 Å². The van der Waals surface area contributed by atoms with E-state index in [2.05, 4.69) is 46.7 Å². The quantitative estimate of drug-likeness (QED) is 0.727. The van der Waals surface area contributed by atoms with Crippen molar-refractivity contribution in [3.05, 3.63) is 45.7 Å². The van der Waals surface area contributed by atoms with E-state index >= 15 is 0 Å². The van der Waals surface area contributed by atoms with Crippen LogP contribution in [-0.4, -0.2) is 20.4 Å². The van der Waals surface area contributed by atoms with Gasteiger partial charge in [0, 0.05) is 13.0 Å². The highest BCUT2D eigenvalue weighted by Crippen LogP contribution is 2.21. The lowest BCUT2D eigenvalue weighted by Crippen LogP contribution is -2.24. The van der Waals surface area contributed by atoms with E-state index in [-0.39, 0.29) is 5.91 Å². The summed E-state index contributed by atoms with van der Waals surface area (Å²) in [5, 5.41) is 4.03. The van der Waals surface area contributed by atoms with Crippen LogP contribution >= 0.6 is 11.3 Å². The highest BCUT2D eigenvalue weighted by molar-refractivity contribution is 7.13. The number of aryl methyl sites for hydroxylation is 2. The van der Waals surface area contributed by atoms with Gasteiger partial charge in [-0.15, -0.1) is 11.3 Å². The average Bonchev–Trinajstić information content (AvgIpc) is 3.11. The number of carbonyl (C=O) groups excluding carboxylic acids is 1. The summed E-state index contributed by atoms with van der Waals surface area (Å²) in [6.07, 6.45) is 0.907. The molecule has 5 nitrogen and oxygen atoms in total. The fourth-order valence-electron chi connectivity index (χ4n) is 2.95. The maximum atomic E-state index is 12.6. The Bertz CT molecular complexity index is 894. The van der Waals surface area contributed by atoms with Crippen LogP contribution < -0.4 is 5.32 Å². The third-order valence-corrected chi connectivity index (χ3v) is 5.27. The van der Waals surface area contributed by atoms with E-state index in [9.17, 15) is 4.79 Å². The van der Waals surface area contributed by atoms with Gasteiger partial charge in [0.2, 0.25) is 0 Å². The zero-order valence-corrected chi connectivity index (χ0v) is 16.0. The second-order valence-corrected chi connectivity index (χ2v) is 7.65. The first-order chi connectivity index (χ1) is 12.0. The van der Waals surface area contributed by atoms with Crippen molar-refractivity contribution < 1.29 is 4.79 Å². The minimum atomic E-state index is -0.0697. The number of fused-ring (bicyclic) bond motifs is 1. The van der Waals surface area contributed by atoms with Crippen molar-refractivity contribution in [1.82, 2.24) is 19.9 Å². The summed E-state index contributed by atoms with van der Waals surface area (Å²) in [5.41, 5.74) is 2.87.